The number of carbonyl (C=O) groups is 3. The summed E-state index contributed by atoms with van der Waals surface area (Å²) in [5, 5.41) is 9.36. The molecule has 0 bridgehead atoms. The van der Waals surface area contributed by atoms with Gasteiger partial charge in [-0.05, 0) is 22.8 Å². The van der Waals surface area contributed by atoms with E-state index >= 15 is 0 Å². The molecule has 146 valence electrons. The molecule has 0 aliphatic carbocycles. The average Bonchev–Trinajstić information content (AvgIpc) is 2.68. The third kappa shape index (κ3) is 4.20. The van der Waals surface area contributed by atoms with Crippen molar-refractivity contribution in [3.8, 4) is 11.1 Å². The molecule has 0 aromatic heterocycles. The van der Waals surface area contributed by atoms with Gasteiger partial charge < -0.3 is 15.7 Å². The summed E-state index contributed by atoms with van der Waals surface area (Å²) in [6.45, 7) is 3.59. The monoisotopic (exact) mass is 381 g/mol. The molecular formula is C21H23N3O4. The molecule has 7 heteroatoms. The lowest BCUT2D eigenvalue weighted by Crippen LogP contribution is -2.59. The predicted octanol–water partition coefficient (Wildman–Crippen LogP) is 1.57. The van der Waals surface area contributed by atoms with Gasteiger partial charge in [0.25, 0.3) is 0 Å². The normalized spacial score (nSPS) is 17.3. The van der Waals surface area contributed by atoms with E-state index < -0.39 is 17.9 Å². The number of rotatable bonds is 5. The summed E-state index contributed by atoms with van der Waals surface area (Å²) >= 11 is 0. The highest BCUT2D eigenvalue weighted by Crippen LogP contribution is 2.24. The van der Waals surface area contributed by atoms with Gasteiger partial charge in [-0.2, -0.15) is 0 Å². The van der Waals surface area contributed by atoms with Crippen LogP contribution >= 0.6 is 0 Å². The van der Waals surface area contributed by atoms with Gasteiger partial charge in [0.05, 0.1) is 5.56 Å². The molecule has 0 spiro atoms. The molecule has 1 atom stereocenters. The van der Waals surface area contributed by atoms with Crippen LogP contribution in [-0.2, 0) is 16.1 Å². The minimum absolute atomic E-state index is 0.148. The Bertz CT molecular complexity index is 895. The van der Waals surface area contributed by atoms with Crippen LogP contribution in [0.5, 0.6) is 0 Å². The van der Waals surface area contributed by atoms with Crippen LogP contribution in [0.2, 0.25) is 0 Å². The molecule has 1 saturated heterocycles. The van der Waals surface area contributed by atoms with Gasteiger partial charge in [0.2, 0.25) is 11.8 Å². The first-order valence-corrected chi connectivity index (χ1v) is 9.07. The van der Waals surface area contributed by atoms with Crippen molar-refractivity contribution in [2.24, 2.45) is 5.73 Å². The fourth-order valence-corrected chi connectivity index (χ4v) is 3.57. The minimum Gasteiger partial charge on any atom is -0.478 e. The molecule has 1 heterocycles. The van der Waals surface area contributed by atoms with Gasteiger partial charge in [-0.15, -0.1) is 0 Å². The number of hydrogen-bond acceptors (Lipinski definition) is 4. The quantitative estimate of drug-likeness (QED) is 0.818. The molecule has 3 N–H and O–H groups in total. The van der Waals surface area contributed by atoms with Crippen LogP contribution in [0.25, 0.3) is 11.1 Å². The average molecular weight is 381 g/mol. The number of aromatic carboxylic acids is 1. The van der Waals surface area contributed by atoms with Crippen LogP contribution in [0.1, 0.15) is 22.8 Å². The Balaban J connectivity index is 1.72. The molecule has 28 heavy (non-hydrogen) atoms. The number of benzene rings is 2. The number of amides is 2. The van der Waals surface area contributed by atoms with Crippen LogP contribution < -0.4 is 5.73 Å². The number of carboxylic acids is 1. The molecule has 2 amide bonds. The Morgan fingerprint density at radius 2 is 1.75 bits per heavy atom. The van der Waals surface area contributed by atoms with E-state index in [-0.39, 0.29) is 11.5 Å². The fourth-order valence-electron chi connectivity index (χ4n) is 3.57. The molecule has 1 aliphatic rings. The molecule has 0 unspecified atom stereocenters. The highest BCUT2D eigenvalue weighted by atomic mass is 16.4. The van der Waals surface area contributed by atoms with E-state index in [9.17, 15) is 19.5 Å². The van der Waals surface area contributed by atoms with Crippen LogP contribution in [-0.4, -0.2) is 58.4 Å². The predicted molar refractivity (Wildman–Crippen MR) is 104 cm³/mol. The van der Waals surface area contributed by atoms with Crippen LogP contribution in [0.4, 0.5) is 0 Å². The summed E-state index contributed by atoms with van der Waals surface area (Å²) in [6.07, 6.45) is 0. The summed E-state index contributed by atoms with van der Waals surface area (Å²) in [6, 6.07) is 14.0. The third-order valence-electron chi connectivity index (χ3n) is 5.03. The standard InChI is InChI=1S/C21H23N3O4/c1-14(25)24-11-10-23(13-19(24)20(22)26)12-15-6-8-16(9-7-15)17-4-2-3-5-18(17)21(27)28/h2-9,19H,10-13H2,1H3,(H2,22,26)(H,27,28)/t19-/m1/s1. The maximum absolute atomic E-state index is 11.7. The van der Waals surface area contributed by atoms with Gasteiger partial charge in [-0.25, -0.2) is 4.79 Å². The number of carbonyl (C=O) groups excluding carboxylic acids is 2. The zero-order valence-electron chi connectivity index (χ0n) is 15.7. The van der Waals surface area contributed by atoms with E-state index in [1.165, 1.54) is 11.8 Å². The van der Waals surface area contributed by atoms with Crippen molar-refractivity contribution < 1.29 is 19.5 Å². The molecule has 1 aliphatic heterocycles. The number of nitrogens with zero attached hydrogens (tertiary/aromatic N) is 2. The summed E-state index contributed by atoms with van der Waals surface area (Å²) in [5.41, 5.74) is 8.27. The third-order valence-corrected chi connectivity index (χ3v) is 5.03. The molecular weight excluding hydrogens is 358 g/mol. The van der Waals surface area contributed by atoms with E-state index in [4.69, 9.17) is 5.73 Å². The lowest BCUT2D eigenvalue weighted by Gasteiger charge is -2.39. The van der Waals surface area contributed by atoms with Gasteiger partial charge in [0.15, 0.2) is 0 Å². The Morgan fingerprint density at radius 3 is 2.36 bits per heavy atom. The SMILES string of the molecule is CC(=O)N1CCN(Cc2ccc(-c3ccccc3C(=O)O)cc2)C[C@@H]1C(N)=O. The number of nitrogens with two attached hydrogens (primary N) is 1. The van der Waals surface area contributed by atoms with Gasteiger partial charge in [0.1, 0.15) is 6.04 Å². The highest BCUT2D eigenvalue weighted by Gasteiger charge is 2.32. The van der Waals surface area contributed by atoms with Crippen LogP contribution in [0, 0.1) is 0 Å². The lowest BCUT2D eigenvalue weighted by atomic mass is 9.98. The molecule has 0 saturated carbocycles. The molecule has 7 nitrogen and oxygen atoms in total. The zero-order chi connectivity index (χ0) is 20.3. The van der Waals surface area contributed by atoms with Crippen molar-refractivity contribution in [3.63, 3.8) is 0 Å². The van der Waals surface area contributed by atoms with E-state index in [2.05, 4.69) is 4.90 Å². The minimum atomic E-state index is -0.958. The Kier molecular flexibility index (Phi) is 5.75. The smallest absolute Gasteiger partial charge is 0.336 e. The number of hydrogen-bond donors (Lipinski definition) is 2. The van der Waals surface area contributed by atoms with Gasteiger partial charge >= 0.3 is 5.97 Å². The Hall–Kier alpha value is -3.19. The van der Waals surface area contributed by atoms with Crippen molar-refractivity contribution in [2.45, 2.75) is 19.5 Å². The van der Waals surface area contributed by atoms with Crippen LogP contribution in [0.3, 0.4) is 0 Å². The molecule has 0 radical (unpaired) electrons. The first-order chi connectivity index (χ1) is 13.4. The second-order valence-corrected chi connectivity index (χ2v) is 6.91. The van der Waals surface area contributed by atoms with E-state index in [1.54, 1.807) is 18.2 Å². The van der Waals surface area contributed by atoms with Crippen LogP contribution in [0.15, 0.2) is 48.5 Å². The lowest BCUT2D eigenvalue weighted by molar-refractivity contribution is -0.141. The highest BCUT2D eigenvalue weighted by molar-refractivity contribution is 5.96. The van der Waals surface area contributed by atoms with Gasteiger partial charge in [0, 0.05) is 33.1 Å². The first-order valence-electron chi connectivity index (χ1n) is 9.07. The van der Waals surface area contributed by atoms with E-state index in [0.29, 0.717) is 31.7 Å². The fraction of sp³-hybridized carbons (Fsp3) is 0.286. The topological polar surface area (TPSA) is 104 Å². The number of primary amides is 1. The number of piperazine rings is 1. The molecule has 2 aromatic carbocycles. The van der Waals surface area contributed by atoms with Crippen molar-refractivity contribution in [3.05, 3.63) is 59.7 Å². The summed E-state index contributed by atoms with van der Waals surface area (Å²) in [5.74, 6) is -1.61. The number of carboxylic acid groups (broad SMARTS) is 1. The second-order valence-electron chi connectivity index (χ2n) is 6.91. The summed E-state index contributed by atoms with van der Waals surface area (Å²) in [7, 11) is 0. The van der Waals surface area contributed by atoms with E-state index in [1.807, 2.05) is 30.3 Å². The molecule has 3 rings (SSSR count). The van der Waals surface area contributed by atoms with Gasteiger partial charge in [-0.1, -0.05) is 42.5 Å². The van der Waals surface area contributed by atoms with Crippen molar-refractivity contribution in [1.29, 1.82) is 0 Å². The van der Waals surface area contributed by atoms with Crippen molar-refractivity contribution in [2.75, 3.05) is 19.6 Å². The Morgan fingerprint density at radius 1 is 1.07 bits per heavy atom. The summed E-state index contributed by atoms with van der Waals surface area (Å²) in [4.78, 5) is 38.4. The zero-order valence-corrected chi connectivity index (χ0v) is 15.7. The van der Waals surface area contributed by atoms with Gasteiger partial charge in [-0.3, -0.25) is 14.5 Å². The molecule has 2 aromatic rings. The first kappa shape index (κ1) is 19.6. The largest absolute Gasteiger partial charge is 0.478 e. The molecule has 1 fully saturated rings. The van der Waals surface area contributed by atoms with E-state index in [0.717, 1.165) is 11.1 Å². The second kappa shape index (κ2) is 8.22. The van der Waals surface area contributed by atoms with Crippen molar-refractivity contribution >= 4 is 17.8 Å². The van der Waals surface area contributed by atoms with Crippen molar-refractivity contribution in [1.82, 2.24) is 9.80 Å². The summed E-state index contributed by atoms with van der Waals surface area (Å²) < 4.78 is 0. The maximum atomic E-state index is 11.7. The Labute approximate surface area is 163 Å². The maximum Gasteiger partial charge on any atom is 0.336 e.